The van der Waals surface area contributed by atoms with Crippen LogP contribution in [0.4, 0.5) is 0 Å². The first-order chi connectivity index (χ1) is 12.8. The molecule has 0 aliphatic carbocycles. The molecule has 0 saturated heterocycles. The lowest BCUT2D eigenvalue weighted by Crippen LogP contribution is -1.76. The molecule has 0 unspecified atom stereocenters. The second-order valence-corrected chi connectivity index (χ2v) is 7.17. The molecular weight excluding hydrogens is 324 g/mol. The fourth-order valence-electron chi connectivity index (χ4n) is 2.23. The highest BCUT2D eigenvalue weighted by molar-refractivity contribution is 5.31. The van der Waals surface area contributed by atoms with Crippen molar-refractivity contribution < 1.29 is 0 Å². The Morgan fingerprint density at radius 3 is 1.59 bits per heavy atom. The van der Waals surface area contributed by atoms with E-state index >= 15 is 0 Å². The van der Waals surface area contributed by atoms with Gasteiger partial charge in [-0.3, -0.25) is 0 Å². The van der Waals surface area contributed by atoms with Crippen LogP contribution in [0, 0.1) is 0 Å². The maximum Gasteiger partial charge on any atom is -0.0285 e. The monoisotopic (exact) mass is 362 g/mol. The fraction of sp³-hybridized carbons (Fsp3) is 0.333. The number of hydrogen-bond donors (Lipinski definition) is 0. The van der Waals surface area contributed by atoms with Crippen molar-refractivity contribution in [1.29, 1.82) is 0 Å². The summed E-state index contributed by atoms with van der Waals surface area (Å²) in [6, 6.07) is 0. The van der Waals surface area contributed by atoms with Crippen molar-refractivity contribution in [2.24, 2.45) is 0 Å². The van der Waals surface area contributed by atoms with Crippen LogP contribution in [0.25, 0.3) is 0 Å². The second kappa shape index (κ2) is 15.9. The minimum absolute atomic E-state index is 1.12. The Hall–Kier alpha value is -2.34. The molecule has 0 aliphatic heterocycles. The van der Waals surface area contributed by atoms with Gasteiger partial charge >= 0.3 is 0 Å². The molecule has 0 aromatic heterocycles. The SMILES string of the molecule is C/C=C/C(C)=C/C=C/C=C(C)/C=C/C=C(C)/C=C/C=C(\C)CCC=C(C)C. The van der Waals surface area contributed by atoms with Crippen molar-refractivity contribution in [3.05, 3.63) is 107 Å². The molecule has 0 spiro atoms. The zero-order valence-corrected chi connectivity index (χ0v) is 18.4. The Bertz CT molecular complexity index is 688. The minimum atomic E-state index is 1.12. The Morgan fingerprint density at radius 1 is 0.593 bits per heavy atom. The van der Waals surface area contributed by atoms with E-state index in [4.69, 9.17) is 0 Å². The molecule has 0 amide bonds. The molecule has 0 aliphatic rings. The minimum Gasteiger partial charge on any atom is -0.0874 e. The van der Waals surface area contributed by atoms with Crippen LogP contribution in [0.2, 0.25) is 0 Å². The summed E-state index contributed by atoms with van der Waals surface area (Å²) in [5.41, 5.74) is 6.53. The maximum atomic E-state index is 2.29. The first kappa shape index (κ1) is 24.7. The smallest absolute Gasteiger partial charge is 0.0285 e. The molecule has 0 rings (SSSR count). The van der Waals surface area contributed by atoms with Gasteiger partial charge in [-0.05, 0) is 61.3 Å². The third-order valence-corrected chi connectivity index (χ3v) is 3.81. The van der Waals surface area contributed by atoms with Crippen molar-refractivity contribution in [2.75, 3.05) is 0 Å². The van der Waals surface area contributed by atoms with Crippen LogP contribution < -0.4 is 0 Å². The zero-order chi connectivity index (χ0) is 20.5. The molecule has 27 heavy (non-hydrogen) atoms. The van der Waals surface area contributed by atoms with E-state index in [1.165, 1.54) is 27.9 Å². The predicted molar refractivity (Wildman–Crippen MR) is 126 cm³/mol. The Labute approximate surface area is 168 Å². The number of hydrogen-bond acceptors (Lipinski definition) is 0. The van der Waals surface area contributed by atoms with Crippen LogP contribution in [-0.2, 0) is 0 Å². The summed E-state index contributed by atoms with van der Waals surface area (Å²) >= 11 is 0. The standard InChI is InChI=1S/C27H38/c1-8-14-24(4)16-9-10-17-25(5)19-12-21-27(7)22-13-20-26(6)18-11-15-23(2)3/h8-10,12-17,19-22H,11,18H2,1-7H3/b10-9+,14-8+,19-12+,22-13+,24-16+,25-17+,26-20+,27-21+. The lowest BCUT2D eigenvalue weighted by atomic mass is 10.1. The van der Waals surface area contributed by atoms with Crippen LogP contribution in [0.1, 0.15) is 61.3 Å². The van der Waals surface area contributed by atoms with E-state index in [2.05, 4.69) is 114 Å². The lowest BCUT2D eigenvalue weighted by Gasteiger charge is -1.96. The zero-order valence-electron chi connectivity index (χ0n) is 18.4. The van der Waals surface area contributed by atoms with Crippen LogP contribution in [0.3, 0.4) is 0 Å². The molecule has 0 bridgehead atoms. The van der Waals surface area contributed by atoms with E-state index in [1.807, 2.05) is 13.0 Å². The molecule has 0 nitrogen and oxygen atoms in total. The molecular formula is C27H38. The van der Waals surface area contributed by atoms with Crippen molar-refractivity contribution >= 4 is 0 Å². The molecule has 0 heterocycles. The van der Waals surface area contributed by atoms with Gasteiger partial charge in [0, 0.05) is 0 Å². The number of rotatable bonds is 10. The topological polar surface area (TPSA) is 0 Å². The van der Waals surface area contributed by atoms with E-state index in [-0.39, 0.29) is 0 Å². The summed E-state index contributed by atoms with van der Waals surface area (Å²) < 4.78 is 0. The van der Waals surface area contributed by atoms with Gasteiger partial charge in [0.25, 0.3) is 0 Å². The highest BCUT2D eigenvalue weighted by Gasteiger charge is 1.87. The van der Waals surface area contributed by atoms with E-state index in [0.717, 1.165) is 12.8 Å². The van der Waals surface area contributed by atoms with E-state index in [9.17, 15) is 0 Å². The normalized spacial score (nSPS) is 15.1. The van der Waals surface area contributed by atoms with Crippen LogP contribution in [-0.4, -0.2) is 0 Å². The number of allylic oxidation sites excluding steroid dienone is 18. The molecule has 0 heteroatoms. The molecule has 0 radical (unpaired) electrons. The van der Waals surface area contributed by atoms with E-state index in [1.54, 1.807) is 0 Å². The first-order valence-corrected chi connectivity index (χ1v) is 9.82. The Kier molecular flexibility index (Phi) is 14.5. The van der Waals surface area contributed by atoms with Crippen LogP contribution in [0.5, 0.6) is 0 Å². The summed E-state index contributed by atoms with van der Waals surface area (Å²) in [5.74, 6) is 0. The fourth-order valence-corrected chi connectivity index (χ4v) is 2.23. The van der Waals surface area contributed by atoms with E-state index < -0.39 is 0 Å². The van der Waals surface area contributed by atoms with Crippen molar-refractivity contribution in [3.8, 4) is 0 Å². The molecule has 0 fully saturated rings. The van der Waals surface area contributed by atoms with E-state index in [0.29, 0.717) is 0 Å². The third kappa shape index (κ3) is 16.9. The largest absolute Gasteiger partial charge is 0.0874 e. The van der Waals surface area contributed by atoms with Gasteiger partial charge in [-0.15, -0.1) is 0 Å². The quantitative estimate of drug-likeness (QED) is 0.269. The Balaban J connectivity index is 4.53. The van der Waals surface area contributed by atoms with Crippen LogP contribution in [0.15, 0.2) is 107 Å². The first-order valence-electron chi connectivity index (χ1n) is 9.82. The van der Waals surface area contributed by atoms with Gasteiger partial charge in [0.2, 0.25) is 0 Å². The second-order valence-electron chi connectivity index (χ2n) is 7.17. The van der Waals surface area contributed by atoms with Gasteiger partial charge in [0.05, 0.1) is 0 Å². The van der Waals surface area contributed by atoms with Gasteiger partial charge in [0.15, 0.2) is 0 Å². The van der Waals surface area contributed by atoms with Crippen molar-refractivity contribution in [1.82, 2.24) is 0 Å². The highest BCUT2D eigenvalue weighted by Crippen LogP contribution is 2.07. The van der Waals surface area contributed by atoms with Gasteiger partial charge in [-0.2, -0.15) is 0 Å². The molecule has 0 aromatic rings. The maximum absolute atomic E-state index is 2.29. The summed E-state index contributed by atoms with van der Waals surface area (Å²) in [6.07, 6.45) is 29.9. The van der Waals surface area contributed by atoms with Gasteiger partial charge in [0.1, 0.15) is 0 Å². The highest BCUT2D eigenvalue weighted by atomic mass is 13.9. The summed E-state index contributed by atoms with van der Waals surface area (Å²) in [6.45, 7) is 14.9. The molecule has 0 atom stereocenters. The predicted octanol–water partition coefficient (Wildman–Crippen LogP) is 8.76. The molecule has 0 aromatic carbocycles. The summed E-state index contributed by atoms with van der Waals surface area (Å²) in [5, 5.41) is 0. The molecule has 146 valence electrons. The Morgan fingerprint density at radius 2 is 1.07 bits per heavy atom. The van der Waals surface area contributed by atoms with Crippen molar-refractivity contribution in [3.63, 3.8) is 0 Å². The van der Waals surface area contributed by atoms with Crippen LogP contribution >= 0.6 is 0 Å². The van der Waals surface area contributed by atoms with Gasteiger partial charge < -0.3 is 0 Å². The summed E-state index contributed by atoms with van der Waals surface area (Å²) in [4.78, 5) is 0. The average molecular weight is 363 g/mol. The van der Waals surface area contributed by atoms with Crippen molar-refractivity contribution in [2.45, 2.75) is 61.3 Å². The van der Waals surface area contributed by atoms with Gasteiger partial charge in [-0.25, -0.2) is 0 Å². The third-order valence-electron chi connectivity index (χ3n) is 3.81. The van der Waals surface area contributed by atoms with Gasteiger partial charge in [-0.1, -0.05) is 107 Å². The molecule has 0 N–H and O–H groups in total. The molecule has 0 saturated carbocycles. The lowest BCUT2D eigenvalue weighted by molar-refractivity contribution is 0.967. The average Bonchev–Trinajstić information content (AvgIpc) is 2.58. The summed E-state index contributed by atoms with van der Waals surface area (Å²) in [7, 11) is 0.